The summed E-state index contributed by atoms with van der Waals surface area (Å²) >= 11 is 5.87. The Kier molecular flexibility index (Phi) is 3.59. The Hall–Kier alpha value is -2.98. The third-order valence-electron chi connectivity index (χ3n) is 3.60. The summed E-state index contributed by atoms with van der Waals surface area (Å²) in [5.74, 6) is 2.05. The van der Waals surface area contributed by atoms with Gasteiger partial charge in [-0.3, -0.25) is 4.79 Å². The molecule has 4 rings (SSSR count). The highest BCUT2D eigenvalue weighted by Gasteiger charge is 2.21. The van der Waals surface area contributed by atoms with Gasteiger partial charge < -0.3 is 14.8 Å². The predicted molar refractivity (Wildman–Crippen MR) is 92.4 cm³/mol. The van der Waals surface area contributed by atoms with Crippen molar-refractivity contribution in [1.29, 1.82) is 0 Å². The fourth-order valence-electron chi connectivity index (χ4n) is 2.44. The fraction of sp³-hybridized carbons (Fsp3) is 0. The summed E-state index contributed by atoms with van der Waals surface area (Å²) in [6.07, 6.45) is 0. The monoisotopic (exact) mass is 337 g/mol. The van der Waals surface area contributed by atoms with Crippen LogP contribution in [0.4, 0.5) is 5.69 Å². The van der Waals surface area contributed by atoms with Crippen molar-refractivity contribution in [1.82, 2.24) is 0 Å². The van der Waals surface area contributed by atoms with E-state index in [2.05, 4.69) is 5.32 Å². The lowest BCUT2D eigenvalue weighted by atomic mass is 10.2. The molecule has 0 saturated heterocycles. The number of carbonyl (C=O) groups excluding carboxylic acids is 1. The summed E-state index contributed by atoms with van der Waals surface area (Å²) in [5, 5.41) is 3.47. The minimum atomic E-state index is -0.215. The number of anilines is 1. The molecule has 0 spiro atoms. The van der Waals surface area contributed by atoms with E-state index < -0.39 is 0 Å². The van der Waals surface area contributed by atoms with Gasteiger partial charge in [0.15, 0.2) is 5.75 Å². The number of ether oxygens (including phenoxy) is 2. The van der Waals surface area contributed by atoms with Gasteiger partial charge in [0.25, 0.3) is 5.91 Å². The third-order valence-corrected chi connectivity index (χ3v) is 3.85. The zero-order valence-corrected chi connectivity index (χ0v) is 13.2. The average Bonchev–Trinajstić information content (AvgIpc) is 2.72. The van der Waals surface area contributed by atoms with Crippen molar-refractivity contribution >= 4 is 23.2 Å². The molecular formula is C19H12ClNO3. The van der Waals surface area contributed by atoms with Crippen LogP contribution in [0.3, 0.4) is 0 Å². The number of fused-ring (bicyclic) bond motifs is 2. The Morgan fingerprint density at radius 2 is 1.62 bits per heavy atom. The molecule has 0 aromatic heterocycles. The molecule has 3 aromatic rings. The molecule has 0 atom stereocenters. The van der Waals surface area contributed by atoms with Crippen molar-refractivity contribution in [3.05, 3.63) is 77.3 Å². The Labute approximate surface area is 143 Å². The molecule has 1 aliphatic heterocycles. The second kappa shape index (κ2) is 5.91. The molecule has 1 heterocycles. The molecule has 0 unspecified atom stereocenters. The van der Waals surface area contributed by atoms with Crippen molar-refractivity contribution in [2.24, 2.45) is 0 Å². The molecule has 0 radical (unpaired) electrons. The van der Waals surface area contributed by atoms with Crippen molar-refractivity contribution in [2.45, 2.75) is 0 Å². The van der Waals surface area contributed by atoms with Gasteiger partial charge in [-0.2, -0.15) is 0 Å². The maximum absolute atomic E-state index is 12.3. The molecule has 118 valence electrons. The molecule has 3 aromatic carbocycles. The minimum absolute atomic E-state index is 0.215. The first-order valence-electron chi connectivity index (χ1n) is 7.35. The lowest BCUT2D eigenvalue weighted by molar-refractivity contribution is 0.102. The van der Waals surface area contributed by atoms with Gasteiger partial charge in [-0.15, -0.1) is 0 Å². The van der Waals surface area contributed by atoms with E-state index in [4.69, 9.17) is 21.1 Å². The molecule has 0 saturated carbocycles. The molecule has 0 aliphatic carbocycles. The van der Waals surface area contributed by atoms with Crippen LogP contribution in [0.2, 0.25) is 5.02 Å². The van der Waals surface area contributed by atoms with Crippen LogP contribution < -0.4 is 14.8 Å². The number of hydrogen-bond acceptors (Lipinski definition) is 3. The average molecular weight is 338 g/mol. The summed E-state index contributed by atoms with van der Waals surface area (Å²) in [4.78, 5) is 12.3. The van der Waals surface area contributed by atoms with Crippen molar-refractivity contribution in [3.8, 4) is 23.0 Å². The number of rotatable bonds is 2. The van der Waals surface area contributed by atoms with Crippen LogP contribution in [-0.2, 0) is 0 Å². The van der Waals surface area contributed by atoms with E-state index in [0.29, 0.717) is 39.3 Å². The van der Waals surface area contributed by atoms with Gasteiger partial charge in [-0.1, -0.05) is 23.7 Å². The largest absolute Gasteiger partial charge is 0.457 e. The maximum Gasteiger partial charge on any atom is 0.259 e. The molecule has 1 amide bonds. The number of hydrogen-bond donors (Lipinski definition) is 1. The summed E-state index contributed by atoms with van der Waals surface area (Å²) < 4.78 is 11.7. The first kappa shape index (κ1) is 14.6. The number of nitrogens with one attached hydrogen (secondary N) is 1. The molecule has 0 bridgehead atoms. The lowest BCUT2D eigenvalue weighted by Crippen LogP contribution is -2.10. The van der Waals surface area contributed by atoms with Crippen molar-refractivity contribution in [2.75, 3.05) is 5.32 Å². The highest BCUT2D eigenvalue weighted by molar-refractivity contribution is 6.30. The highest BCUT2D eigenvalue weighted by atomic mass is 35.5. The molecule has 1 aliphatic rings. The summed E-state index contributed by atoms with van der Waals surface area (Å²) in [7, 11) is 0. The molecule has 24 heavy (non-hydrogen) atoms. The molecular weight excluding hydrogens is 326 g/mol. The smallest absolute Gasteiger partial charge is 0.259 e. The Bertz CT molecular complexity index is 922. The summed E-state index contributed by atoms with van der Waals surface area (Å²) in [6, 6.07) is 19.5. The second-order valence-corrected chi connectivity index (χ2v) is 5.70. The lowest BCUT2D eigenvalue weighted by Gasteiger charge is -2.10. The standard InChI is InChI=1S/C19H12ClNO3/c20-12-5-7-13(8-6-12)23-14-9-10-15-18(11-14)24-17-4-2-1-3-16(17)21-19(15)22/h1-11H,(H,21,22). The second-order valence-electron chi connectivity index (χ2n) is 5.27. The first-order chi connectivity index (χ1) is 11.7. The van der Waals surface area contributed by atoms with Crippen LogP contribution >= 0.6 is 11.6 Å². The van der Waals surface area contributed by atoms with Crippen molar-refractivity contribution < 1.29 is 14.3 Å². The van der Waals surface area contributed by atoms with E-state index in [0.717, 1.165) is 0 Å². The molecule has 1 N–H and O–H groups in total. The zero-order valence-electron chi connectivity index (χ0n) is 12.5. The quantitative estimate of drug-likeness (QED) is 0.672. The van der Waals surface area contributed by atoms with Gasteiger partial charge in [0.2, 0.25) is 0 Å². The SMILES string of the molecule is O=C1Nc2ccccc2Oc2cc(Oc3ccc(Cl)cc3)ccc21. The highest BCUT2D eigenvalue weighted by Crippen LogP contribution is 2.38. The fourth-order valence-corrected chi connectivity index (χ4v) is 2.57. The topological polar surface area (TPSA) is 47.6 Å². The minimum Gasteiger partial charge on any atom is -0.457 e. The van der Waals surface area contributed by atoms with E-state index in [9.17, 15) is 4.79 Å². The summed E-state index contributed by atoms with van der Waals surface area (Å²) in [6.45, 7) is 0. The van der Waals surface area contributed by atoms with Crippen LogP contribution in [-0.4, -0.2) is 5.91 Å². The van der Waals surface area contributed by atoms with Gasteiger partial charge in [0.05, 0.1) is 11.3 Å². The van der Waals surface area contributed by atoms with Gasteiger partial charge in [-0.05, 0) is 48.5 Å². The zero-order chi connectivity index (χ0) is 16.5. The maximum atomic E-state index is 12.3. The van der Waals surface area contributed by atoms with Gasteiger partial charge in [-0.25, -0.2) is 0 Å². The van der Waals surface area contributed by atoms with E-state index in [-0.39, 0.29) is 5.91 Å². The van der Waals surface area contributed by atoms with E-state index in [1.807, 2.05) is 12.1 Å². The first-order valence-corrected chi connectivity index (χ1v) is 7.72. The number of benzene rings is 3. The van der Waals surface area contributed by atoms with Crippen LogP contribution in [0, 0.1) is 0 Å². The number of halogens is 1. The van der Waals surface area contributed by atoms with Crippen LogP contribution in [0.25, 0.3) is 0 Å². The van der Waals surface area contributed by atoms with Gasteiger partial charge in [0, 0.05) is 11.1 Å². The number of carbonyl (C=O) groups is 1. The molecule has 4 nitrogen and oxygen atoms in total. The Morgan fingerprint density at radius 1 is 0.875 bits per heavy atom. The Morgan fingerprint density at radius 3 is 2.46 bits per heavy atom. The van der Waals surface area contributed by atoms with E-state index in [1.54, 1.807) is 54.6 Å². The normalized spacial score (nSPS) is 12.3. The van der Waals surface area contributed by atoms with Crippen LogP contribution in [0.1, 0.15) is 10.4 Å². The molecule has 5 heteroatoms. The van der Waals surface area contributed by atoms with Gasteiger partial charge >= 0.3 is 0 Å². The Balaban J connectivity index is 1.69. The van der Waals surface area contributed by atoms with Gasteiger partial charge in [0.1, 0.15) is 17.2 Å². The number of para-hydroxylation sites is 2. The third kappa shape index (κ3) is 2.79. The predicted octanol–water partition coefficient (Wildman–Crippen LogP) is 5.49. The summed E-state index contributed by atoms with van der Waals surface area (Å²) in [5.41, 5.74) is 1.09. The van der Waals surface area contributed by atoms with E-state index in [1.165, 1.54) is 0 Å². The van der Waals surface area contributed by atoms with Crippen LogP contribution in [0.15, 0.2) is 66.7 Å². The number of amides is 1. The van der Waals surface area contributed by atoms with Crippen LogP contribution in [0.5, 0.6) is 23.0 Å². The van der Waals surface area contributed by atoms with Crippen molar-refractivity contribution in [3.63, 3.8) is 0 Å². The molecule has 0 fully saturated rings. The van der Waals surface area contributed by atoms with E-state index >= 15 is 0 Å².